The number of allylic oxidation sites excluding steroid dienone is 2. The summed E-state index contributed by atoms with van der Waals surface area (Å²) < 4.78 is 11.1. The molecule has 0 radical (unpaired) electrons. The van der Waals surface area contributed by atoms with E-state index in [4.69, 9.17) is 14.4 Å². The Morgan fingerprint density at radius 3 is 1.73 bits per heavy atom. The molecule has 6 aromatic carbocycles. The van der Waals surface area contributed by atoms with Gasteiger partial charge in [0.15, 0.2) is 0 Å². The molecule has 0 amide bonds. The first-order chi connectivity index (χ1) is 32.3. The van der Waals surface area contributed by atoms with E-state index in [1.807, 2.05) is 84.9 Å². The Morgan fingerprint density at radius 2 is 1.12 bits per heavy atom. The van der Waals surface area contributed by atoms with Gasteiger partial charge in [0, 0.05) is 38.6 Å². The smallest absolute Gasteiger partial charge is 0.427 e. The van der Waals surface area contributed by atoms with Crippen LogP contribution in [0.1, 0.15) is 117 Å². The molecule has 0 bridgehead atoms. The number of carbonyl (C=O) groups excluding carboxylic acids is 3. The largest absolute Gasteiger partial charge is 0.506 e. The van der Waals surface area contributed by atoms with Crippen molar-refractivity contribution in [1.82, 2.24) is 0 Å². The average molecular weight is 879 g/mol. The summed E-state index contributed by atoms with van der Waals surface area (Å²) in [6.45, 7) is 4.30. The molecular weight excluding hydrogens is 822 g/mol. The second kappa shape index (κ2) is 20.1. The first-order valence-corrected chi connectivity index (χ1v) is 23.9. The number of hydrogen-bond donors (Lipinski definition) is 4. The normalized spacial score (nSPS) is 14.6. The first-order valence-electron chi connectivity index (χ1n) is 23.9. The number of ether oxygens (including phenoxy) is 2. The minimum Gasteiger partial charge on any atom is -0.506 e. The van der Waals surface area contributed by atoms with E-state index >= 15 is 0 Å². The molecule has 0 spiro atoms. The Bertz CT molecular complexity index is 2970. The van der Waals surface area contributed by atoms with Crippen LogP contribution in [0.25, 0.3) is 32.7 Å². The summed E-state index contributed by atoms with van der Waals surface area (Å²) in [6, 6.07) is 34.3. The molecule has 0 fully saturated rings. The van der Waals surface area contributed by atoms with Crippen LogP contribution in [0.3, 0.4) is 0 Å². The maximum Gasteiger partial charge on any atom is 0.427 e. The predicted molar refractivity (Wildman–Crippen MR) is 268 cm³/mol. The quantitative estimate of drug-likeness (QED) is 0.0356. The lowest BCUT2D eigenvalue weighted by Gasteiger charge is -2.31. The van der Waals surface area contributed by atoms with Crippen molar-refractivity contribution in [1.29, 1.82) is 0 Å². The molecule has 0 saturated carbocycles. The molecule has 66 heavy (non-hydrogen) atoms. The third-order valence-corrected chi connectivity index (χ3v) is 13.1. The summed E-state index contributed by atoms with van der Waals surface area (Å²) in [5.41, 5.74) is 6.21. The number of esters is 2. The molecule has 2 aliphatic heterocycles. The second-order valence-electron chi connectivity index (χ2n) is 17.6. The van der Waals surface area contributed by atoms with Crippen LogP contribution in [0.5, 0.6) is 0 Å². The zero-order valence-electron chi connectivity index (χ0n) is 37.9. The number of unbranched alkanes of at least 4 members (excludes halogenated alkanes) is 10. The minimum atomic E-state index is -0.513. The van der Waals surface area contributed by atoms with Crippen LogP contribution in [0, 0.1) is 0 Å². The molecule has 1 aliphatic carbocycles. The van der Waals surface area contributed by atoms with E-state index < -0.39 is 14.0 Å². The van der Waals surface area contributed by atoms with E-state index in [-0.39, 0.29) is 34.6 Å². The van der Waals surface area contributed by atoms with Crippen molar-refractivity contribution in [2.24, 2.45) is 4.90 Å². The molecule has 0 unspecified atom stereocenters. The molecule has 3 aliphatic rings. The fraction of sp³-hybridized carbons (Fsp3) is 0.296. The average Bonchev–Trinajstić information content (AvgIpc) is 3.35. The van der Waals surface area contributed by atoms with E-state index in [1.54, 1.807) is 24.3 Å². The van der Waals surface area contributed by atoms with Crippen molar-refractivity contribution < 1.29 is 29.0 Å². The molecule has 10 nitrogen and oxygen atoms in total. The number of aliphatic hydroxyl groups excluding tert-OH is 1. The number of nitrogens with one attached hydrogen (secondary N) is 3. The zero-order chi connectivity index (χ0) is 45.6. The number of Topliss-reactive ketones (excluding diaryl/α,β-unsaturated/α-hetero) is 1. The monoisotopic (exact) mass is 878 g/mol. The Hall–Kier alpha value is -6.81. The Morgan fingerprint density at radius 1 is 0.576 bits per heavy atom. The highest BCUT2D eigenvalue weighted by molar-refractivity contribution is 6.80. The molecule has 2 heterocycles. The van der Waals surface area contributed by atoms with Crippen LogP contribution in [0.15, 0.2) is 120 Å². The summed E-state index contributed by atoms with van der Waals surface area (Å²) in [6.07, 6.45) is 13.4. The minimum absolute atomic E-state index is 0.0871. The maximum absolute atomic E-state index is 14.6. The van der Waals surface area contributed by atoms with Crippen LogP contribution < -0.4 is 37.2 Å². The lowest BCUT2D eigenvalue weighted by atomic mass is 9.65. The number of carbonyl (C=O) groups is 3. The first kappa shape index (κ1) is 44.4. The summed E-state index contributed by atoms with van der Waals surface area (Å²) >= 11 is 0. The topological polar surface area (TPSA) is 138 Å². The number of rotatable bonds is 19. The van der Waals surface area contributed by atoms with Gasteiger partial charge in [0.1, 0.15) is 5.76 Å². The molecule has 4 N–H and O–H groups in total. The van der Waals surface area contributed by atoms with Crippen molar-refractivity contribution in [2.75, 3.05) is 28.9 Å². The molecule has 6 aromatic rings. The van der Waals surface area contributed by atoms with Crippen LogP contribution in [-0.2, 0) is 14.3 Å². The van der Waals surface area contributed by atoms with E-state index in [0.717, 1.165) is 88.1 Å². The van der Waals surface area contributed by atoms with Crippen LogP contribution in [0.4, 0.5) is 17.1 Å². The van der Waals surface area contributed by atoms with E-state index in [0.29, 0.717) is 40.5 Å². The van der Waals surface area contributed by atoms with E-state index in [2.05, 4.69) is 29.5 Å². The lowest BCUT2D eigenvalue weighted by Crippen LogP contribution is -2.48. The number of benzene rings is 6. The second-order valence-corrected chi connectivity index (χ2v) is 17.6. The molecule has 9 rings (SSSR count). The molecule has 0 atom stereocenters. The van der Waals surface area contributed by atoms with Gasteiger partial charge in [-0.2, -0.15) is 0 Å². The van der Waals surface area contributed by atoms with Gasteiger partial charge in [-0.3, -0.25) is 4.79 Å². The van der Waals surface area contributed by atoms with Crippen molar-refractivity contribution in [3.8, 4) is 0 Å². The van der Waals surface area contributed by atoms with Crippen LogP contribution >= 0.6 is 0 Å². The molecule has 0 aromatic heterocycles. The number of anilines is 3. The van der Waals surface area contributed by atoms with Crippen molar-refractivity contribution >= 4 is 92.4 Å². The third kappa shape index (κ3) is 9.06. The highest BCUT2D eigenvalue weighted by Gasteiger charge is 2.39. The van der Waals surface area contributed by atoms with Crippen LogP contribution in [0.2, 0.25) is 0 Å². The molecule has 334 valence electrons. The van der Waals surface area contributed by atoms with Crippen molar-refractivity contribution in [3.63, 3.8) is 0 Å². The van der Waals surface area contributed by atoms with Gasteiger partial charge in [0.05, 0.1) is 40.8 Å². The Balaban J connectivity index is 0.979. The number of nitrogens with zero attached hydrogens (tertiary/aromatic N) is 1. The highest BCUT2D eigenvalue weighted by atomic mass is 16.5. The molecule has 12 heteroatoms. The van der Waals surface area contributed by atoms with Gasteiger partial charge in [-0.25, -0.2) is 9.59 Å². The SMILES string of the molecule is CCCCCCCCOC(=O)c1ccc(B2N=c3c(=C4C(=O)C(c5ccc6cccc7c6c5NB(c5ccc(C(=O)OCCCCCCCC)cc5)N7)=C4O)ccc4cccc(c34)N2)cc1. The fourth-order valence-electron chi connectivity index (χ4n) is 9.42. The fourth-order valence-corrected chi connectivity index (χ4v) is 9.42. The molecule has 0 saturated heterocycles. The predicted octanol–water partition coefficient (Wildman–Crippen LogP) is 9.40. The van der Waals surface area contributed by atoms with Gasteiger partial charge in [0.2, 0.25) is 5.78 Å². The van der Waals surface area contributed by atoms with Gasteiger partial charge in [-0.15, -0.1) is 0 Å². The maximum atomic E-state index is 14.6. The number of aliphatic hydroxyl groups is 1. The number of ketones is 1. The van der Waals surface area contributed by atoms with Gasteiger partial charge in [-0.05, 0) is 70.9 Å². The summed E-state index contributed by atoms with van der Waals surface area (Å²) in [7, 11) is 0. The summed E-state index contributed by atoms with van der Waals surface area (Å²) in [5.74, 6) is -1.04. The van der Waals surface area contributed by atoms with Gasteiger partial charge >= 0.3 is 25.9 Å². The third-order valence-electron chi connectivity index (χ3n) is 13.1. The van der Waals surface area contributed by atoms with Gasteiger partial charge in [0.25, 0.3) is 0 Å². The summed E-state index contributed by atoms with van der Waals surface area (Å²) in [4.78, 5) is 45.5. The number of hydrogen-bond acceptors (Lipinski definition) is 10. The Kier molecular flexibility index (Phi) is 13.6. The van der Waals surface area contributed by atoms with Crippen LogP contribution in [-0.4, -0.2) is 50.0 Å². The highest BCUT2D eigenvalue weighted by Crippen LogP contribution is 2.45. The molecular formula is C54H56B2N4O6. The van der Waals surface area contributed by atoms with E-state index in [1.165, 1.54) is 38.5 Å². The zero-order valence-corrected chi connectivity index (χ0v) is 37.9. The van der Waals surface area contributed by atoms with Crippen molar-refractivity contribution in [2.45, 2.75) is 90.9 Å². The lowest BCUT2D eigenvalue weighted by molar-refractivity contribution is -0.109. The summed E-state index contributed by atoms with van der Waals surface area (Å²) in [5, 5.41) is 27.7. The van der Waals surface area contributed by atoms with Gasteiger partial charge in [-0.1, -0.05) is 151 Å². The Labute approximate surface area is 386 Å². The van der Waals surface area contributed by atoms with Crippen molar-refractivity contribution in [3.05, 3.63) is 142 Å². The van der Waals surface area contributed by atoms with E-state index in [9.17, 15) is 19.5 Å². The van der Waals surface area contributed by atoms with Gasteiger partial charge < -0.3 is 35.2 Å². The standard InChI is InChI=1S/C54H56B2N4O6/c1-3-5-7-9-11-13-33-65-53(63)37-21-27-39(28-22-37)55-57-43-19-15-17-35-25-31-41(49(59-55)45(35)43)47-51(61)48(52(47)62)42-32-26-36-18-16-20-44-46(36)50(42)60-56(58-44)40-29-23-38(24-30-40)54(64)66-34-14-12-10-8-6-4-2/h15-32,57-59,61H,3-14,33-34H2,1-2H3.